The molecular formula is C22H27NO9. The smallest absolute Gasteiger partial charge is 0.414 e. The Hall–Kier alpha value is -3.34. The van der Waals surface area contributed by atoms with E-state index in [2.05, 4.69) is 5.32 Å². The second-order valence-electron chi connectivity index (χ2n) is 6.49. The maximum atomic E-state index is 9.10. The lowest BCUT2D eigenvalue weighted by Gasteiger charge is -2.15. The van der Waals surface area contributed by atoms with Crippen LogP contribution in [0.3, 0.4) is 0 Å². The Morgan fingerprint density at radius 3 is 2.19 bits per heavy atom. The molecule has 0 spiro atoms. The summed E-state index contributed by atoms with van der Waals surface area (Å²) in [4.78, 5) is 18.2. The highest BCUT2D eigenvalue weighted by Crippen LogP contribution is 2.36. The second-order valence-corrected chi connectivity index (χ2v) is 6.49. The van der Waals surface area contributed by atoms with Crippen LogP contribution in [-0.2, 0) is 19.1 Å². The van der Waals surface area contributed by atoms with Gasteiger partial charge >= 0.3 is 11.9 Å². The average molecular weight is 449 g/mol. The normalized spacial score (nSPS) is 17.1. The molecule has 1 saturated heterocycles. The van der Waals surface area contributed by atoms with Gasteiger partial charge in [0.05, 0.1) is 26.9 Å². The number of carboxylic acids is 2. The summed E-state index contributed by atoms with van der Waals surface area (Å²) >= 11 is 0. The standard InChI is InChI=1S/C20H25NO5.C2H2O4/c1-22-17-9-6-10-18(23-2)19(17)24-12-11-21-13-16-14-25-20(26-16)15-7-4-3-5-8-15;3-1(4)2(5)6/h3-10,16,20-21H,11-14H2,1-2H3;(H,3,4)(H,5,6)/t16?,20-;/m0./s1. The van der Waals surface area contributed by atoms with E-state index in [9.17, 15) is 0 Å². The largest absolute Gasteiger partial charge is 0.493 e. The first kappa shape index (κ1) is 24.9. The number of carbonyl (C=O) groups is 2. The third-order valence-corrected chi connectivity index (χ3v) is 4.28. The molecule has 1 aliphatic heterocycles. The molecule has 2 aromatic rings. The van der Waals surface area contributed by atoms with Gasteiger partial charge < -0.3 is 39.2 Å². The summed E-state index contributed by atoms with van der Waals surface area (Å²) in [6.07, 6.45) is -0.252. The number of aliphatic carboxylic acids is 2. The van der Waals surface area contributed by atoms with E-state index in [4.69, 9.17) is 43.5 Å². The molecule has 1 unspecified atom stereocenters. The van der Waals surface area contributed by atoms with E-state index in [1.807, 2.05) is 48.5 Å². The van der Waals surface area contributed by atoms with Crippen molar-refractivity contribution in [2.75, 3.05) is 40.5 Å². The first-order valence-corrected chi connectivity index (χ1v) is 9.79. The fourth-order valence-corrected chi connectivity index (χ4v) is 2.79. The van der Waals surface area contributed by atoms with E-state index in [-0.39, 0.29) is 12.4 Å². The summed E-state index contributed by atoms with van der Waals surface area (Å²) < 4.78 is 28.1. The number of para-hydroxylation sites is 1. The predicted molar refractivity (Wildman–Crippen MR) is 113 cm³/mol. The Kier molecular flexibility index (Phi) is 10.2. The van der Waals surface area contributed by atoms with Crippen molar-refractivity contribution in [1.29, 1.82) is 0 Å². The zero-order chi connectivity index (χ0) is 23.3. The highest BCUT2D eigenvalue weighted by molar-refractivity contribution is 6.27. The highest BCUT2D eigenvalue weighted by atomic mass is 16.7. The van der Waals surface area contributed by atoms with Gasteiger partial charge in [-0.05, 0) is 12.1 Å². The minimum atomic E-state index is -1.82. The molecule has 1 aliphatic rings. The van der Waals surface area contributed by atoms with Gasteiger partial charge in [0, 0.05) is 18.7 Å². The molecule has 0 aromatic heterocycles. The van der Waals surface area contributed by atoms with Gasteiger partial charge in [0.2, 0.25) is 5.75 Å². The molecule has 2 aromatic carbocycles. The predicted octanol–water partition coefficient (Wildman–Crippen LogP) is 1.94. The number of methoxy groups -OCH3 is 2. The molecule has 174 valence electrons. The molecule has 2 atom stereocenters. The van der Waals surface area contributed by atoms with Crippen LogP contribution in [0.5, 0.6) is 17.2 Å². The molecule has 0 amide bonds. The van der Waals surface area contributed by atoms with Gasteiger partial charge in [-0.3, -0.25) is 0 Å². The fraction of sp³-hybridized carbons (Fsp3) is 0.364. The lowest BCUT2D eigenvalue weighted by atomic mass is 10.2. The van der Waals surface area contributed by atoms with Crippen LogP contribution >= 0.6 is 0 Å². The monoisotopic (exact) mass is 449 g/mol. The molecular weight excluding hydrogens is 422 g/mol. The SMILES string of the molecule is COc1cccc(OC)c1OCCNCC1CO[C@H](c2ccccc2)O1.O=C(O)C(=O)O. The molecule has 0 bridgehead atoms. The van der Waals surface area contributed by atoms with E-state index in [0.29, 0.717) is 43.6 Å². The van der Waals surface area contributed by atoms with Crippen LogP contribution < -0.4 is 19.5 Å². The van der Waals surface area contributed by atoms with Gasteiger partial charge in [0.1, 0.15) is 6.61 Å². The van der Waals surface area contributed by atoms with Crippen molar-refractivity contribution >= 4 is 11.9 Å². The second kappa shape index (κ2) is 13.2. The van der Waals surface area contributed by atoms with Crippen LogP contribution in [0.1, 0.15) is 11.9 Å². The summed E-state index contributed by atoms with van der Waals surface area (Å²) in [7, 11) is 3.22. The fourth-order valence-electron chi connectivity index (χ4n) is 2.79. The van der Waals surface area contributed by atoms with Crippen molar-refractivity contribution in [2.24, 2.45) is 0 Å². The maximum Gasteiger partial charge on any atom is 0.414 e. The van der Waals surface area contributed by atoms with Crippen LogP contribution in [0.2, 0.25) is 0 Å². The van der Waals surface area contributed by atoms with Crippen molar-refractivity contribution in [3.05, 3.63) is 54.1 Å². The lowest BCUT2D eigenvalue weighted by Crippen LogP contribution is -2.31. The number of nitrogens with one attached hydrogen (secondary N) is 1. The van der Waals surface area contributed by atoms with Gasteiger partial charge in [-0.1, -0.05) is 36.4 Å². The first-order valence-electron chi connectivity index (χ1n) is 9.79. The van der Waals surface area contributed by atoms with Crippen LogP contribution in [0.15, 0.2) is 48.5 Å². The van der Waals surface area contributed by atoms with Gasteiger partial charge in [-0.15, -0.1) is 0 Å². The third kappa shape index (κ3) is 7.73. The van der Waals surface area contributed by atoms with Crippen molar-refractivity contribution < 1.29 is 43.5 Å². The minimum Gasteiger partial charge on any atom is -0.493 e. The molecule has 1 fully saturated rings. The van der Waals surface area contributed by atoms with Gasteiger partial charge in [-0.2, -0.15) is 0 Å². The average Bonchev–Trinajstić information content (AvgIpc) is 3.28. The number of hydrogen-bond donors (Lipinski definition) is 3. The summed E-state index contributed by atoms with van der Waals surface area (Å²) in [5.41, 5.74) is 1.04. The highest BCUT2D eigenvalue weighted by Gasteiger charge is 2.26. The van der Waals surface area contributed by atoms with Gasteiger partial charge in [0.25, 0.3) is 0 Å². The molecule has 10 nitrogen and oxygen atoms in total. The summed E-state index contributed by atoms with van der Waals surface area (Å²) in [6, 6.07) is 15.5. The Bertz CT molecular complexity index is 825. The Labute approximate surface area is 185 Å². The van der Waals surface area contributed by atoms with Crippen molar-refractivity contribution in [1.82, 2.24) is 5.32 Å². The Balaban J connectivity index is 0.000000534. The van der Waals surface area contributed by atoms with Gasteiger partial charge in [-0.25, -0.2) is 9.59 Å². The number of carboxylic acid groups (broad SMARTS) is 2. The van der Waals surface area contributed by atoms with E-state index in [1.54, 1.807) is 14.2 Å². The van der Waals surface area contributed by atoms with Gasteiger partial charge in [0.15, 0.2) is 17.8 Å². The molecule has 1 heterocycles. The molecule has 0 aliphatic carbocycles. The maximum absolute atomic E-state index is 9.10. The van der Waals surface area contributed by atoms with Crippen LogP contribution in [0.25, 0.3) is 0 Å². The molecule has 0 saturated carbocycles. The zero-order valence-corrected chi connectivity index (χ0v) is 17.9. The number of benzene rings is 2. The third-order valence-electron chi connectivity index (χ3n) is 4.28. The number of ether oxygens (including phenoxy) is 5. The molecule has 10 heteroatoms. The Morgan fingerprint density at radius 1 is 1.00 bits per heavy atom. The minimum absolute atomic E-state index is 0.0287. The molecule has 3 N–H and O–H groups in total. The number of hydrogen-bond acceptors (Lipinski definition) is 8. The lowest BCUT2D eigenvalue weighted by molar-refractivity contribution is -0.159. The van der Waals surface area contributed by atoms with E-state index in [0.717, 1.165) is 5.56 Å². The van der Waals surface area contributed by atoms with E-state index >= 15 is 0 Å². The molecule has 3 rings (SSSR count). The summed E-state index contributed by atoms with van der Waals surface area (Å²) in [5.74, 6) is -1.72. The number of rotatable bonds is 9. The molecule has 0 radical (unpaired) electrons. The quantitative estimate of drug-likeness (QED) is 0.385. The van der Waals surface area contributed by atoms with Crippen molar-refractivity contribution in [2.45, 2.75) is 12.4 Å². The van der Waals surface area contributed by atoms with Crippen LogP contribution in [-0.4, -0.2) is 68.8 Å². The van der Waals surface area contributed by atoms with Crippen LogP contribution in [0.4, 0.5) is 0 Å². The van der Waals surface area contributed by atoms with Crippen molar-refractivity contribution in [3.63, 3.8) is 0 Å². The Morgan fingerprint density at radius 2 is 1.62 bits per heavy atom. The van der Waals surface area contributed by atoms with Crippen LogP contribution in [0, 0.1) is 0 Å². The van der Waals surface area contributed by atoms with Crippen molar-refractivity contribution in [3.8, 4) is 17.2 Å². The summed E-state index contributed by atoms with van der Waals surface area (Å²) in [6.45, 7) is 2.45. The van der Waals surface area contributed by atoms with E-state index in [1.165, 1.54) is 0 Å². The summed E-state index contributed by atoms with van der Waals surface area (Å²) in [5, 5.41) is 18.1. The van der Waals surface area contributed by atoms with E-state index < -0.39 is 11.9 Å². The molecule has 32 heavy (non-hydrogen) atoms. The topological polar surface area (TPSA) is 133 Å². The first-order chi connectivity index (χ1) is 15.5. The zero-order valence-electron chi connectivity index (χ0n) is 17.9.